The zero-order valence-corrected chi connectivity index (χ0v) is 13.2. The summed E-state index contributed by atoms with van der Waals surface area (Å²) in [4.78, 5) is 25.8. The third-order valence-electron chi connectivity index (χ3n) is 4.69. The number of carbonyl (C=O) groups is 2. The van der Waals surface area contributed by atoms with Gasteiger partial charge >= 0.3 is 5.97 Å². The summed E-state index contributed by atoms with van der Waals surface area (Å²) >= 11 is 0. The van der Waals surface area contributed by atoms with Crippen molar-refractivity contribution in [2.45, 2.75) is 24.9 Å². The first-order valence-electron chi connectivity index (χ1n) is 8.05. The fourth-order valence-electron chi connectivity index (χ4n) is 3.17. The predicted octanol–water partition coefficient (Wildman–Crippen LogP) is 1.69. The molecular formula is C17H20FNO5. The first-order valence-corrected chi connectivity index (χ1v) is 8.05. The summed E-state index contributed by atoms with van der Waals surface area (Å²) in [6.45, 7) is 1.55. The molecular weight excluding hydrogens is 317 g/mol. The van der Waals surface area contributed by atoms with E-state index in [4.69, 9.17) is 9.47 Å². The molecule has 24 heavy (non-hydrogen) atoms. The van der Waals surface area contributed by atoms with Gasteiger partial charge in [-0.25, -0.2) is 9.18 Å². The number of hydrogen-bond donors (Lipinski definition) is 1. The number of carbonyl (C=O) groups excluding carboxylic acids is 1. The Hall–Kier alpha value is -2.15. The van der Waals surface area contributed by atoms with E-state index in [1.165, 1.54) is 18.2 Å². The van der Waals surface area contributed by atoms with Gasteiger partial charge in [-0.3, -0.25) is 4.79 Å². The molecule has 2 aliphatic heterocycles. The molecule has 1 atom stereocenters. The van der Waals surface area contributed by atoms with E-state index in [0.717, 1.165) is 0 Å². The first-order chi connectivity index (χ1) is 11.5. The predicted molar refractivity (Wildman–Crippen MR) is 82.1 cm³/mol. The molecule has 0 bridgehead atoms. The van der Waals surface area contributed by atoms with E-state index in [-0.39, 0.29) is 43.5 Å². The highest BCUT2D eigenvalue weighted by atomic mass is 19.1. The van der Waals surface area contributed by atoms with Crippen LogP contribution in [0.15, 0.2) is 24.3 Å². The minimum Gasteiger partial charge on any atom is -0.478 e. The van der Waals surface area contributed by atoms with Crippen LogP contribution in [0.1, 0.15) is 19.3 Å². The van der Waals surface area contributed by atoms with Crippen LogP contribution in [0, 0.1) is 11.7 Å². The van der Waals surface area contributed by atoms with E-state index in [1.54, 1.807) is 11.0 Å². The Bertz CT molecular complexity index is 621. The first kappa shape index (κ1) is 16.7. The maximum atomic E-state index is 13.8. The largest absolute Gasteiger partial charge is 0.478 e. The Balaban J connectivity index is 1.69. The number of hydrogen-bond acceptors (Lipinski definition) is 4. The molecule has 6 nitrogen and oxygen atoms in total. The van der Waals surface area contributed by atoms with Gasteiger partial charge in [0.15, 0.2) is 11.6 Å². The van der Waals surface area contributed by atoms with Crippen molar-refractivity contribution in [3.8, 4) is 5.75 Å². The van der Waals surface area contributed by atoms with Crippen LogP contribution >= 0.6 is 0 Å². The monoisotopic (exact) mass is 337 g/mol. The number of halogens is 1. The van der Waals surface area contributed by atoms with Gasteiger partial charge in [0, 0.05) is 32.5 Å². The van der Waals surface area contributed by atoms with Gasteiger partial charge in [0.1, 0.15) is 0 Å². The van der Waals surface area contributed by atoms with E-state index in [0.29, 0.717) is 19.6 Å². The van der Waals surface area contributed by atoms with Crippen molar-refractivity contribution in [2.75, 3.05) is 26.3 Å². The molecule has 1 amide bonds. The van der Waals surface area contributed by atoms with Crippen LogP contribution in [0.25, 0.3) is 0 Å². The molecule has 0 aromatic heterocycles. The number of carboxylic acids is 1. The van der Waals surface area contributed by atoms with Crippen molar-refractivity contribution in [2.24, 2.45) is 5.92 Å². The highest BCUT2D eigenvalue weighted by Crippen LogP contribution is 2.31. The van der Waals surface area contributed by atoms with Crippen LogP contribution in [0.5, 0.6) is 5.75 Å². The molecule has 2 heterocycles. The van der Waals surface area contributed by atoms with Crippen LogP contribution in [-0.2, 0) is 14.3 Å². The third-order valence-corrected chi connectivity index (χ3v) is 4.69. The molecule has 2 saturated heterocycles. The minimum absolute atomic E-state index is 0.00243. The summed E-state index contributed by atoms with van der Waals surface area (Å²) in [6, 6.07) is 5.74. The molecule has 3 rings (SSSR count). The second-order valence-corrected chi connectivity index (χ2v) is 6.22. The van der Waals surface area contributed by atoms with Crippen molar-refractivity contribution in [3.63, 3.8) is 0 Å². The van der Waals surface area contributed by atoms with Gasteiger partial charge in [0.05, 0.1) is 12.5 Å². The lowest BCUT2D eigenvalue weighted by Gasteiger charge is -2.39. The van der Waals surface area contributed by atoms with Gasteiger partial charge in [-0.1, -0.05) is 12.1 Å². The molecule has 1 aromatic rings. The number of amides is 1. The summed E-state index contributed by atoms with van der Waals surface area (Å²) < 4.78 is 24.6. The smallest absolute Gasteiger partial charge is 0.348 e. The zero-order valence-electron chi connectivity index (χ0n) is 13.2. The number of para-hydroxylation sites is 1. The summed E-state index contributed by atoms with van der Waals surface area (Å²) in [5, 5.41) is 9.61. The van der Waals surface area contributed by atoms with Crippen molar-refractivity contribution < 1.29 is 28.6 Å². The average Bonchev–Trinajstić information content (AvgIpc) is 3.11. The van der Waals surface area contributed by atoms with Crippen molar-refractivity contribution in [3.05, 3.63) is 30.1 Å². The quantitative estimate of drug-likeness (QED) is 0.905. The Kier molecular flexibility index (Phi) is 4.71. The fraction of sp³-hybridized carbons (Fsp3) is 0.529. The Labute approximate surface area is 139 Å². The lowest BCUT2D eigenvalue weighted by atomic mass is 9.90. The molecule has 1 aromatic carbocycles. The van der Waals surface area contributed by atoms with Gasteiger partial charge in [-0.05, 0) is 18.6 Å². The van der Waals surface area contributed by atoms with Crippen LogP contribution in [0.2, 0.25) is 0 Å². The van der Waals surface area contributed by atoms with Crippen LogP contribution in [0.4, 0.5) is 4.39 Å². The van der Waals surface area contributed by atoms with Gasteiger partial charge < -0.3 is 19.5 Å². The second-order valence-electron chi connectivity index (χ2n) is 6.22. The van der Waals surface area contributed by atoms with Crippen molar-refractivity contribution in [1.29, 1.82) is 0 Å². The van der Waals surface area contributed by atoms with Crippen molar-refractivity contribution in [1.82, 2.24) is 4.90 Å². The van der Waals surface area contributed by atoms with Crippen molar-refractivity contribution >= 4 is 11.9 Å². The van der Waals surface area contributed by atoms with Crippen LogP contribution in [0.3, 0.4) is 0 Å². The van der Waals surface area contributed by atoms with E-state index in [2.05, 4.69) is 0 Å². The summed E-state index contributed by atoms with van der Waals surface area (Å²) in [7, 11) is 0. The third kappa shape index (κ3) is 3.21. The normalized spacial score (nSPS) is 23.0. The van der Waals surface area contributed by atoms with E-state index in [1.807, 2.05) is 0 Å². The number of nitrogens with zero attached hydrogens (tertiary/aromatic N) is 1. The number of aliphatic carboxylic acids is 1. The number of rotatable bonds is 4. The maximum absolute atomic E-state index is 13.8. The fourth-order valence-corrected chi connectivity index (χ4v) is 3.17. The highest BCUT2D eigenvalue weighted by Gasteiger charge is 2.46. The van der Waals surface area contributed by atoms with Gasteiger partial charge in [0.25, 0.3) is 0 Å². The molecule has 2 aliphatic rings. The zero-order chi connectivity index (χ0) is 17.2. The number of carboxylic acid groups (broad SMARTS) is 1. The molecule has 130 valence electrons. The molecule has 0 saturated carbocycles. The lowest BCUT2D eigenvalue weighted by molar-refractivity contribution is -0.162. The Morgan fingerprint density at radius 3 is 2.58 bits per heavy atom. The Morgan fingerprint density at radius 1 is 1.29 bits per heavy atom. The number of benzene rings is 1. The molecule has 0 unspecified atom stereocenters. The molecule has 7 heteroatoms. The van der Waals surface area contributed by atoms with Gasteiger partial charge in [-0.2, -0.15) is 0 Å². The molecule has 0 spiro atoms. The summed E-state index contributed by atoms with van der Waals surface area (Å²) in [5.74, 6) is -1.96. The number of ether oxygens (including phenoxy) is 2. The molecule has 2 fully saturated rings. The SMILES string of the molecule is O=C([C@@H]1CCOC1)N1CCC(Oc2ccccc2F)(C(=O)O)CC1. The van der Waals surface area contributed by atoms with Crippen LogP contribution in [-0.4, -0.2) is 53.8 Å². The van der Waals surface area contributed by atoms with Crippen LogP contribution < -0.4 is 4.74 Å². The molecule has 1 N–H and O–H groups in total. The van der Waals surface area contributed by atoms with E-state index < -0.39 is 17.4 Å². The second kappa shape index (κ2) is 6.76. The lowest BCUT2D eigenvalue weighted by Crippen LogP contribution is -2.55. The number of piperidine rings is 1. The Morgan fingerprint density at radius 2 is 2.00 bits per heavy atom. The minimum atomic E-state index is -1.51. The van der Waals surface area contributed by atoms with E-state index >= 15 is 0 Å². The standard InChI is InChI=1S/C17H20FNO5/c18-13-3-1-2-4-14(13)24-17(16(21)22)6-8-19(9-7-17)15(20)12-5-10-23-11-12/h1-4,12H,5-11H2,(H,21,22)/t12-/m1/s1. The van der Waals surface area contributed by atoms with Gasteiger partial charge in [0.2, 0.25) is 11.5 Å². The van der Waals surface area contributed by atoms with E-state index in [9.17, 15) is 19.1 Å². The number of likely N-dealkylation sites (tertiary alicyclic amines) is 1. The topological polar surface area (TPSA) is 76.1 Å². The molecule has 0 radical (unpaired) electrons. The maximum Gasteiger partial charge on any atom is 0.348 e. The average molecular weight is 337 g/mol. The molecule has 0 aliphatic carbocycles. The van der Waals surface area contributed by atoms with Gasteiger partial charge in [-0.15, -0.1) is 0 Å². The summed E-state index contributed by atoms with van der Waals surface area (Å²) in [5.41, 5.74) is -1.51. The highest BCUT2D eigenvalue weighted by molar-refractivity contribution is 5.81. The summed E-state index contributed by atoms with van der Waals surface area (Å²) in [6.07, 6.45) is 0.942.